The molecule has 0 aromatic heterocycles. The first kappa shape index (κ1) is 24.3. The highest BCUT2D eigenvalue weighted by Gasteiger charge is 2.25. The van der Waals surface area contributed by atoms with E-state index in [0.29, 0.717) is 6.42 Å². The van der Waals surface area contributed by atoms with E-state index in [-0.39, 0.29) is 11.6 Å². The van der Waals surface area contributed by atoms with E-state index in [2.05, 4.69) is 0 Å². The van der Waals surface area contributed by atoms with Gasteiger partial charge < -0.3 is 0 Å². The van der Waals surface area contributed by atoms with Crippen molar-refractivity contribution in [1.82, 2.24) is 0 Å². The van der Waals surface area contributed by atoms with Gasteiger partial charge in [0.2, 0.25) is 0 Å². The van der Waals surface area contributed by atoms with Gasteiger partial charge in [-0.1, -0.05) is 72.8 Å². The topological polar surface area (TPSA) is 34.1 Å². The summed E-state index contributed by atoms with van der Waals surface area (Å²) < 4.78 is 2.12. The van der Waals surface area contributed by atoms with Crippen LogP contribution in [-0.2, 0) is 9.59 Å². The van der Waals surface area contributed by atoms with Crippen LogP contribution in [0.4, 0.5) is 0 Å². The lowest BCUT2D eigenvalue weighted by Crippen LogP contribution is -2.08. The van der Waals surface area contributed by atoms with E-state index >= 15 is 0 Å². The first-order valence-corrected chi connectivity index (χ1v) is 14.7. The molecule has 4 rings (SSSR count). The number of hydrogen-bond acceptors (Lipinski definition) is 6. The monoisotopic (exact) mass is 508 g/mol. The molecule has 2 aromatic carbocycles. The van der Waals surface area contributed by atoms with Crippen molar-refractivity contribution in [2.75, 3.05) is 23.0 Å². The number of ketones is 2. The van der Waals surface area contributed by atoms with Crippen LogP contribution < -0.4 is 0 Å². The summed E-state index contributed by atoms with van der Waals surface area (Å²) in [5.41, 5.74) is 3.46. The molecule has 0 bridgehead atoms. The minimum atomic E-state index is -0.0123. The maximum Gasteiger partial charge on any atom is 0.183 e. The predicted molar refractivity (Wildman–Crippen MR) is 149 cm³/mol. The van der Waals surface area contributed by atoms with Gasteiger partial charge >= 0.3 is 0 Å². The molecule has 0 amide bonds. The Balaban J connectivity index is 1.61. The molecule has 168 valence electrons. The number of carbonyl (C=O) groups excluding carboxylic acids is 2. The van der Waals surface area contributed by atoms with E-state index in [1.807, 2.05) is 72.8 Å². The maximum atomic E-state index is 13.3. The second-order valence-corrected chi connectivity index (χ2v) is 12.3. The average Bonchev–Trinajstić information content (AvgIpc) is 3.58. The van der Waals surface area contributed by atoms with Gasteiger partial charge in [0.1, 0.15) is 0 Å². The fraction of sp³-hybridized carbons (Fsp3) is 0.185. The van der Waals surface area contributed by atoms with E-state index in [1.165, 1.54) is 0 Å². The summed E-state index contributed by atoms with van der Waals surface area (Å²) in [6.45, 7) is 0. The molecule has 0 radical (unpaired) electrons. The molecule has 0 aliphatic carbocycles. The van der Waals surface area contributed by atoms with Crippen LogP contribution in [0.1, 0.15) is 17.5 Å². The number of rotatable bonds is 8. The molecule has 0 saturated carbocycles. The van der Waals surface area contributed by atoms with Crippen molar-refractivity contribution >= 4 is 70.8 Å². The third-order valence-electron chi connectivity index (χ3n) is 4.99. The fourth-order valence-corrected chi connectivity index (χ4v) is 8.47. The zero-order valence-electron chi connectivity index (χ0n) is 18.1. The normalized spacial score (nSPS) is 16.1. The molecule has 2 aliphatic heterocycles. The maximum absolute atomic E-state index is 13.3. The quantitative estimate of drug-likeness (QED) is 0.347. The van der Waals surface area contributed by atoms with Crippen molar-refractivity contribution in [3.8, 4) is 0 Å². The van der Waals surface area contributed by atoms with Crippen LogP contribution in [0.25, 0.3) is 12.2 Å². The van der Waals surface area contributed by atoms with Crippen molar-refractivity contribution < 1.29 is 9.59 Å². The standard InChI is InChI=1S/C27H24O2S4/c28-24(13-11-20-7-3-1-4-8-20)22(26-30-15-16-31-26)19-23(27-32-17-18-33-27)25(29)14-12-21-9-5-2-6-10-21/h1-14H,15-19H2/b13-11+,14-12+. The molecule has 2 fully saturated rings. The molecular formula is C27H24O2S4. The van der Waals surface area contributed by atoms with Gasteiger partial charge in [0, 0.05) is 49.1 Å². The van der Waals surface area contributed by atoms with E-state index in [0.717, 1.165) is 53.8 Å². The van der Waals surface area contributed by atoms with E-state index < -0.39 is 0 Å². The van der Waals surface area contributed by atoms with Crippen LogP contribution in [0.3, 0.4) is 0 Å². The molecule has 0 unspecified atom stereocenters. The highest BCUT2D eigenvalue weighted by atomic mass is 32.2. The lowest BCUT2D eigenvalue weighted by Gasteiger charge is -2.12. The van der Waals surface area contributed by atoms with Crippen molar-refractivity contribution in [2.24, 2.45) is 0 Å². The molecule has 2 nitrogen and oxygen atoms in total. The van der Waals surface area contributed by atoms with Gasteiger partial charge in [0.25, 0.3) is 0 Å². The van der Waals surface area contributed by atoms with Crippen molar-refractivity contribution in [2.45, 2.75) is 6.42 Å². The first-order valence-electron chi connectivity index (χ1n) is 10.7. The zero-order chi connectivity index (χ0) is 22.9. The third-order valence-corrected chi connectivity index (χ3v) is 10.6. The van der Waals surface area contributed by atoms with Gasteiger partial charge in [-0.15, -0.1) is 47.0 Å². The van der Waals surface area contributed by atoms with Gasteiger partial charge in [0.15, 0.2) is 11.6 Å². The molecule has 6 heteroatoms. The summed E-state index contributed by atoms with van der Waals surface area (Å²) >= 11 is 6.92. The van der Waals surface area contributed by atoms with Gasteiger partial charge in [-0.2, -0.15) is 0 Å². The van der Waals surface area contributed by atoms with Crippen LogP contribution in [0.2, 0.25) is 0 Å². The lowest BCUT2D eigenvalue weighted by molar-refractivity contribution is -0.111. The molecule has 2 saturated heterocycles. The summed E-state index contributed by atoms with van der Waals surface area (Å²) in [6, 6.07) is 19.7. The smallest absolute Gasteiger partial charge is 0.183 e. The summed E-state index contributed by atoms with van der Waals surface area (Å²) in [4.78, 5) is 26.6. The van der Waals surface area contributed by atoms with E-state index in [4.69, 9.17) is 0 Å². The predicted octanol–water partition coefficient (Wildman–Crippen LogP) is 7.32. The number of carbonyl (C=O) groups is 2. The second-order valence-electron chi connectivity index (χ2n) is 7.32. The van der Waals surface area contributed by atoms with Crippen LogP contribution in [-0.4, -0.2) is 34.6 Å². The Morgan fingerprint density at radius 3 is 1.33 bits per heavy atom. The molecule has 0 atom stereocenters. The SMILES string of the molecule is O=C(/C=C/c1ccccc1)C(CC(C(=O)/C=C/c1ccccc1)=C1SCCS1)=C1SCCS1. The van der Waals surface area contributed by atoms with Crippen molar-refractivity contribution in [3.05, 3.63) is 104 Å². The van der Waals surface area contributed by atoms with Crippen LogP contribution in [0, 0.1) is 0 Å². The Morgan fingerprint density at radius 1 is 0.606 bits per heavy atom. The number of thioether (sulfide) groups is 4. The van der Waals surface area contributed by atoms with Gasteiger partial charge in [-0.3, -0.25) is 9.59 Å². The largest absolute Gasteiger partial charge is 0.290 e. The number of hydrogen-bond donors (Lipinski definition) is 0. The zero-order valence-corrected chi connectivity index (χ0v) is 21.3. The molecule has 0 N–H and O–H groups in total. The number of allylic oxidation sites excluding steroid dienone is 4. The van der Waals surface area contributed by atoms with Gasteiger partial charge in [-0.05, 0) is 23.3 Å². The Morgan fingerprint density at radius 2 is 0.970 bits per heavy atom. The van der Waals surface area contributed by atoms with Crippen molar-refractivity contribution in [1.29, 1.82) is 0 Å². The van der Waals surface area contributed by atoms with E-state index in [9.17, 15) is 9.59 Å². The molecule has 33 heavy (non-hydrogen) atoms. The Kier molecular flexibility index (Phi) is 9.24. The first-order chi connectivity index (χ1) is 16.2. The highest BCUT2D eigenvalue weighted by molar-refractivity contribution is 8.25. The molecule has 0 spiro atoms. The van der Waals surface area contributed by atoms with Crippen LogP contribution in [0.5, 0.6) is 0 Å². The molecule has 2 heterocycles. The minimum absolute atomic E-state index is 0.0123. The Labute approximate surface area is 212 Å². The summed E-state index contributed by atoms with van der Waals surface area (Å²) in [6.07, 6.45) is 7.39. The summed E-state index contributed by atoms with van der Waals surface area (Å²) in [7, 11) is 0. The highest BCUT2D eigenvalue weighted by Crippen LogP contribution is 2.44. The lowest BCUT2D eigenvalue weighted by atomic mass is 9.99. The Hall–Kier alpha value is -1.86. The Bertz CT molecular complexity index is 1010. The number of benzene rings is 2. The van der Waals surface area contributed by atoms with Gasteiger partial charge in [0.05, 0.1) is 0 Å². The third kappa shape index (κ3) is 7.06. The molecule has 2 aromatic rings. The summed E-state index contributed by atoms with van der Waals surface area (Å²) in [5.74, 6) is 3.96. The minimum Gasteiger partial charge on any atom is -0.290 e. The van der Waals surface area contributed by atoms with Crippen LogP contribution >= 0.6 is 47.0 Å². The second kappa shape index (κ2) is 12.6. The molecule has 2 aliphatic rings. The fourth-order valence-electron chi connectivity index (χ4n) is 3.34. The van der Waals surface area contributed by atoms with Crippen LogP contribution in [0.15, 0.2) is 92.4 Å². The summed E-state index contributed by atoms with van der Waals surface area (Å²) in [5, 5.41) is 0. The van der Waals surface area contributed by atoms with E-state index in [1.54, 1.807) is 59.2 Å². The average molecular weight is 509 g/mol. The van der Waals surface area contributed by atoms with Gasteiger partial charge in [-0.25, -0.2) is 0 Å². The van der Waals surface area contributed by atoms with Crippen molar-refractivity contribution in [3.63, 3.8) is 0 Å². The molecular weight excluding hydrogens is 485 g/mol.